The molecule has 0 radical (unpaired) electrons. The van der Waals surface area contributed by atoms with Crippen molar-refractivity contribution in [2.45, 2.75) is 57.0 Å². The number of aliphatic hydroxyl groups excluding tert-OH is 1. The maximum Gasteiger partial charge on any atom is 0.326 e. The van der Waals surface area contributed by atoms with Gasteiger partial charge in [0.1, 0.15) is 6.04 Å². The summed E-state index contributed by atoms with van der Waals surface area (Å²) in [7, 11) is 0. The standard InChI is InChI=1S/C14H24N2O4/c17-9-11-7-4-8-16(11)14(20)15-12(13(18)19)10-5-2-1-3-6-10/h10-12,17H,1-9H2,(H,15,20)(H,18,19). The molecule has 0 aromatic rings. The number of hydrogen-bond acceptors (Lipinski definition) is 3. The number of likely N-dealkylation sites (tertiary alicyclic amines) is 1. The van der Waals surface area contributed by atoms with E-state index < -0.39 is 12.0 Å². The van der Waals surface area contributed by atoms with Gasteiger partial charge in [-0.15, -0.1) is 0 Å². The molecule has 1 heterocycles. The SMILES string of the molecule is O=C(O)C(NC(=O)N1CCCC1CO)C1CCCCC1. The van der Waals surface area contributed by atoms with Crippen LogP contribution in [0.1, 0.15) is 44.9 Å². The molecule has 2 amide bonds. The van der Waals surface area contributed by atoms with Crippen molar-refractivity contribution in [1.29, 1.82) is 0 Å². The van der Waals surface area contributed by atoms with Crippen LogP contribution in [0.25, 0.3) is 0 Å². The number of aliphatic hydroxyl groups is 1. The average Bonchev–Trinajstić information content (AvgIpc) is 2.93. The minimum atomic E-state index is -0.954. The van der Waals surface area contributed by atoms with Gasteiger partial charge < -0.3 is 20.4 Å². The van der Waals surface area contributed by atoms with Crippen molar-refractivity contribution in [2.75, 3.05) is 13.2 Å². The van der Waals surface area contributed by atoms with Gasteiger partial charge in [0, 0.05) is 6.54 Å². The summed E-state index contributed by atoms with van der Waals surface area (Å²) in [6, 6.07) is -1.32. The molecular formula is C14H24N2O4. The predicted octanol–water partition coefficient (Wildman–Crippen LogP) is 1.19. The highest BCUT2D eigenvalue weighted by Crippen LogP contribution is 2.27. The van der Waals surface area contributed by atoms with Gasteiger partial charge in [0.2, 0.25) is 0 Å². The van der Waals surface area contributed by atoms with Gasteiger partial charge in [-0.1, -0.05) is 19.3 Å². The molecule has 2 fully saturated rings. The van der Waals surface area contributed by atoms with Crippen molar-refractivity contribution in [1.82, 2.24) is 10.2 Å². The molecule has 3 N–H and O–H groups in total. The molecule has 1 saturated heterocycles. The number of amides is 2. The molecule has 0 aromatic carbocycles. The van der Waals surface area contributed by atoms with E-state index in [9.17, 15) is 19.8 Å². The van der Waals surface area contributed by atoms with Gasteiger partial charge in [0.05, 0.1) is 12.6 Å². The Kier molecular flexibility index (Phi) is 5.23. The monoisotopic (exact) mass is 284 g/mol. The van der Waals surface area contributed by atoms with Crippen molar-refractivity contribution >= 4 is 12.0 Å². The Bertz CT molecular complexity index is 355. The Balaban J connectivity index is 1.96. The van der Waals surface area contributed by atoms with Gasteiger partial charge in [-0.3, -0.25) is 0 Å². The van der Waals surface area contributed by atoms with Gasteiger partial charge in [-0.25, -0.2) is 9.59 Å². The van der Waals surface area contributed by atoms with E-state index in [0.717, 1.165) is 44.9 Å². The summed E-state index contributed by atoms with van der Waals surface area (Å²) < 4.78 is 0. The Morgan fingerprint density at radius 3 is 2.45 bits per heavy atom. The smallest absolute Gasteiger partial charge is 0.326 e. The lowest BCUT2D eigenvalue weighted by Gasteiger charge is -2.31. The maximum absolute atomic E-state index is 12.2. The molecular weight excluding hydrogens is 260 g/mol. The van der Waals surface area contributed by atoms with Crippen LogP contribution in [-0.2, 0) is 4.79 Å². The fraction of sp³-hybridized carbons (Fsp3) is 0.857. The molecule has 2 aliphatic rings. The van der Waals surface area contributed by atoms with Crippen LogP contribution in [0.5, 0.6) is 0 Å². The number of carbonyl (C=O) groups excluding carboxylic acids is 1. The van der Waals surface area contributed by atoms with Crippen molar-refractivity contribution in [3.05, 3.63) is 0 Å². The van der Waals surface area contributed by atoms with Crippen molar-refractivity contribution in [3.63, 3.8) is 0 Å². The second kappa shape index (κ2) is 6.92. The van der Waals surface area contributed by atoms with Gasteiger partial charge in [0.15, 0.2) is 0 Å². The lowest BCUT2D eigenvalue weighted by Crippen LogP contribution is -2.53. The zero-order valence-corrected chi connectivity index (χ0v) is 11.8. The fourth-order valence-corrected chi connectivity index (χ4v) is 3.36. The minimum Gasteiger partial charge on any atom is -0.480 e. The highest BCUT2D eigenvalue weighted by atomic mass is 16.4. The second-order valence-corrected chi connectivity index (χ2v) is 5.84. The first-order chi connectivity index (χ1) is 9.63. The number of carbonyl (C=O) groups is 2. The number of urea groups is 1. The number of hydrogen-bond donors (Lipinski definition) is 3. The molecule has 20 heavy (non-hydrogen) atoms. The Morgan fingerprint density at radius 1 is 1.15 bits per heavy atom. The molecule has 114 valence electrons. The van der Waals surface area contributed by atoms with Gasteiger partial charge >= 0.3 is 12.0 Å². The van der Waals surface area contributed by atoms with Crippen LogP contribution in [0.2, 0.25) is 0 Å². The molecule has 1 aliphatic carbocycles. The third-order valence-electron chi connectivity index (χ3n) is 4.52. The molecule has 6 heteroatoms. The number of rotatable bonds is 4. The first kappa shape index (κ1) is 15.1. The summed E-state index contributed by atoms with van der Waals surface area (Å²) in [6.07, 6.45) is 6.59. The van der Waals surface area contributed by atoms with Crippen LogP contribution in [0.3, 0.4) is 0 Å². The summed E-state index contributed by atoms with van der Waals surface area (Å²) in [6.45, 7) is 0.530. The molecule has 2 atom stereocenters. The highest BCUT2D eigenvalue weighted by Gasteiger charge is 2.34. The third-order valence-corrected chi connectivity index (χ3v) is 4.52. The lowest BCUT2D eigenvalue weighted by molar-refractivity contribution is -0.141. The van der Waals surface area contributed by atoms with E-state index in [4.69, 9.17) is 0 Å². The van der Waals surface area contributed by atoms with E-state index in [1.165, 1.54) is 0 Å². The van der Waals surface area contributed by atoms with Crippen molar-refractivity contribution in [2.24, 2.45) is 5.92 Å². The zero-order valence-electron chi connectivity index (χ0n) is 11.8. The summed E-state index contributed by atoms with van der Waals surface area (Å²) >= 11 is 0. The Hall–Kier alpha value is -1.30. The Morgan fingerprint density at radius 2 is 1.85 bits per heavy atom. The van der Waals surface area contributed by atoms with Crippen LogP contribution >= 0.6 is 0 Å². The average molecular weight is 284 g/mol. The van der Waals surface area contributed by atoms with Gasteiger partial charge in [-0.05, 0) is 31.6 Å². The fourth-order valence-electron chi connectivity index (χ4n) is 3.36. The molecule has 0 spiro atoms. The van der Waals surface area contributed by atoms with Crippen LogP contribution in [-0.4, -0.2) is 52.3 Å². The van der Waals surface area contributed by atoms with Gasteiger partial charge in [0.25, 0.3) is 0 Å². The number of carboxylic acid groups (broad SMARTS) is 1. The minimum absolute atomic E-state index is 0.0281. The predicted molar refractivity (Wildman–Crippen MR) is 73.3 cm³/mol. The second-order valence-electron chi connectivity index (χ2n) is 5.84. The van der Waals surface area contributed by atoms with Crippen LogP contribution in [0.15, 0.2) is 0 Å². The van der Waals surface area contributed by atoms with E-state index in [2.05, 4.69) is 5.32 Å². The largest absolute Gasteiger partial charge is 0.480 e. The first-order valence-electron chi connectivity index (χ1n) is 7.54. The zero-order chi connectivity index (χ0) is 14.5. The third kappa shape index (κ3) is 3.42. The number of carboxylic acids is 1. The summed E-state index contributed by atoms with van der Waals surface area (Å²) in [5.74, 6) is -0.926. The molecule has 0 aromatic heterocycles. The van der Waals surface area contributed by atoms with Crippen LogP contribution < -0.4 is 5.32 Å². The highest BCUT2D eigenvalue weighted by molar-refractivity contribution is 5.83. The number of nitrogens with one attached hydrogen (secondary N) is 1. The van der Waals surface area contributed by atoms with E-state index >= 15 is 0 Å². The lowest BCUT2D eigenvalue weighted by atomic mass is 9.84. The van der Waals surface area contributed by atoms with Crippen molar-refractivity contribution < 1.29 is 19.8 Å². The summed E-state index contributed by atoms with van der Waals surface area (Å²) in [5.41, 5.74) is 0. The van der Waals surface area contributed by atoms with E-state index in [-0.39, 0.29) is 24.6 Å². The van der Waals surface area contributed by atoms with Crippen LogP contribution in [0, 0.1) is 5.92 Å². The van der Waals surface area contributed by atoms with E-state index in [1.807, 2.05) is 0 Å². The van der Waals surface area contributed by atoms with Gasteiger partial charge in [-0.2, -0.15) is 0 Å². The summed E-state index contributed by atoms with van der Waals surface area (Å²) in [5, 5.41) is 21.3. The topological polar surface area (TPSA) is 89.9 Å². The van der Waals surface area contributed by atoms with Crippen LogP contribution in [0.4, 0.5) is 4.79 Å². The normalized spacial score (nSPS) is 25.4. The first-order valence-corrected chi connectivity index (χ1v) is 7.54. The molecule has 2 unspecified atom stereocenters. The Labute approximate surface area is 119 Å². The molecule has 2 rings (SSSR count). The van der Waals surface area contributed by atoms with E-state index in [0.29, 0.717) is 6.54 Å². The quantitative estimate of drug-likeness (QED) is 0.723. The van der Waals surface area contributed by atoms with E-state index in [1.54, 1.807) is 4.90 Å². The summed E-state index contributed by atoms with van der Waals surface area (Å²) in [4.78, 5) is 25.2. The molecule has 1 aliphatic heterocycles. The molecule has 1 saturated carbocycles. The molecule has 0 bridgehead atoms. The maximum atomic E-state index is 12.2. The number of aliphatic carboxylic acids is 1. The number of nitrogens with zero attached hydrogens (tertiary/aromatic N) is 1. The molecule has 6 nitrogen and oxygen atoms in total. The van der Waals surface area contributed by atoms with Crippen molar-refractivity contribution in [3.8, 4) is 0 Å².